The van der Waals surface area contributed by atoms with E-state index in [0.717, 1.165) is 23.7 Å². The molecule has 6 unspecified atom stereocenters. The van der Waals surface area contributed by atoms with Crippen molar-refractivity contribution in [2.45, 2.75) is 70.9 Å². The first kappa shape index (κ1) is 28.0. The van der Waals surface area contributed by atoms with E-state index >= 15 is 0 Å². The Kier molecular flexibility index (Phi) is 8.05. The summed E-state index contributed by atoms with van der Waals surface area (Å²) in [5.41, 5.74) is 12.8. The lowest BCUT2D eigenvalue weighted by Gasteiger charge is -2.37. The lowest BCUT2D eigenvalue weighted by Crippen LogP contribution is -2.37. The SMILES string of the molecule is CC1CC(CC2CCC(N)C(C)C2)CCC1N.O=C1OC(=O)c2cc(Oc3ccc4c(c3)C(=O)OC4=O)ccc21. The minimum absolute atomic E-state index is 0.114. The molecule has 9 nitrogen and oxygen atoms in total. The van der Waals surface area contributed by atoms with E-state index in [4.69, 9.17) is 16.2 Å². The zero-order valence-electron chi connectivity index (χ0n) is 22.9. The normalized spacial score (nSPS) is 29.1. The summed E-state index contributed by atoms with van der Waals surface area (Å²) < 4.78 is 14.5. The molecule has 2 aromatic rings. The number of carbonyl (C=O) groups excluding carboxylic acids is 4. The van der Waals surface area contributed by atoms with Gasteiger partial charge in [-0.05, 0) is 105 Å². The number of carbonyl (C=O) groups is 4. The molecular weight excluding hydrogens is 512 g/mol. The molecule has 40 heavy (non-hydrogen) atoms. The Bertz CT molecular complexity index is 1240. The Hall–Kier alpha value is -3.56. The molecule has 6 rings (SSSR count). The predicted octanol–water partition coefficient (Wildman–Crippen LogP) is 5.00. The second kappa shape index (κ2) is 11.5. The van der Waals surface area contributed by atoms with Gasteiger partial charge in [-0.2, -0.15) is 0 Å². The summed E-state index contributed by atoms with van der Waals surface area (Å²) in [5, 5.41) is 0. The second-order valence-electron chi connectivity index (χ2n) is 11.7. The van der Waals surface area contributed by atoms with E-state index in [1.807, 2.05) is 0 Å². The number of esters is 4. The molecular formula is C31H36N2O7. The van der Waals surface area contributed by atoms with Crippen LogP contribution in [0.3, 0.4) is 0 Å². The number of nitrogens with two attached hydrogens (primary N) is 2. The van der Waals surface area contributed by atoms with Crippen LogP contribution in [-0.2, 0) is 9.47 Å². The number of fused-ring (bicyclic) bond motifs is 2. The van der Waals surface area contributed by atoms with Gasteiger partial charge >= 0.3 is 23.9 Å². The van der Waals surface area contributed by atoms with Crippen molar-refractivity contribution < 1.29 is 33.4 Å². The standard InChI is InChI=1S/C16H6O7.C15H30N2/c17-13-9-3-1-7(5-11(9)15(19)22-13)21-8-2-4-10-12(6-8)16(20)23-14(10)18;1-10-7-12(3-5-14(10)16)9-13-4-6-15(17)11(2)8-13/h1-6H;10-15H,3-9,16-17H2,1-2H3. The van der Waals surface area contributed by atoms with Crippen LogP contribution in [0.15, 0.2) is 36.4 Å². The number of hydrogen-bond acceptors (Lipinski definition) is 9. The molecule has 4 aliphatic rings. The average molecular weight is 549 g/mol. The summed E-state index contributed by atoms with van der Waals surface area (Å²) in [6.45, 7) is 4.66. The molecule has 212 valence electrons. The molecule has 9 heteroatoms. The number of benzene rings is 2. The molecule has 0 bridgehead atoms. The van der Waals surface area contributed by atoms with Crippen LogP contribution in [0.2, 0.25) is 0 Å². The maximum atomic E-state index is 11.5. The van der Waals surface area contributed by atoms with Crippen LogP contribution in [0, 0.1) is 23.7 Å². The van der Waals surface area contributed by atoms with Crippen molar-refractivity contribution in [3.8, 4) is 11.5 Å². The van der Waals surface area contributed by atoms with Crippen LogP contribution >= 0.6 is 0 Å². The first-order chi connectivity index (χ1) is 19.1. The van der Waals surface area contributed by atoms with Gasteiger partial charge in [0.05, 0.1) is 22.3 Å². The van der Waals surface area contributed by atoms with Gasteiger partial charge in [-0.15, -0.1) is 0 Å². The van der Waals surface area contributed by atoms with E-state index in [1.54, 1.807) is 0 Å². The third-order valence-electron chi connectivity index (χ3n) is 8.82. The van der Waals surface area contributed by atoms with E-state index < -0.39 is 23.9 Å². The maximum absolute atomic E-state index is 11.5. The van der Waals surface area contributed by atoms with Gasteiger partial charge in [-0.3, -0.25) is 0 Å². The quantitative estimate of drug-likeness (QED) is 0.397. The molecule has 2 fully saturated rings. The van der Waals surface area contributed by atoms with E-state index in [-0.39, 0.29) is 33.8 Å². The van der Waals surface area contributed by atoms with Gasteiger partial charge in [0.15, 0.2) is 0 Å². The summed E-state index contributed by atoms with van der Waals surface area (Å²) in [5.74, 6) is 1.05. The smallest absolute Gasteiger partial charge is 0.347 e. The first-order valence-electron chi connectivity index (χ1n) is 14.1. The predicted molar refractivity (Wildman–Crippen MR) is 146 cm³/mol. The summed E-state index contributed by atoms with van der Waals surface area (Å²) in [7, 11) is 0. The maximum Gasteiger partial charge on any atom is 0.347 e. The van der Waals surface area contributed by atoms with Crippen molar-refractivity contribution in [3.05, 3.63) is 58.7 Å². The summed E-state index contributed by atoms with van der Waals surface area (Å²) in [6.07, 6.45) is 9.37. The van der Waals surface area contributed by atoms with Crippen LogP contribution in [0.1, 0.15) is 100 Å². The fraction of sp³-hybridized carbons (Fsp3) is 0.484. The monoisotopic (exact) mass is 548 g/mol. The minimum Gasteiger partial charge on any atom is -0.457 e. The van der Waals surface area contributed by atoms with Gasteiger partial charge in [-0.1, -0.05) is 13.8 Å². The third-order valence-corrected chi connectivity index (χ3v) is 8.82. The van der Waals surface area contributed by atoms with Crippen molar-refractivity contribution in [2.75, 3.05) is 0 Å². The molecule has 2 saturated carbocycles. The van der Waals surface area contributed by atoms with Crippen molar-refractivity contribution in [1.82, 2.24) is 0 Å². The number of hydrogen-bond donors (Lipinski definition) is 2. The molecule has 0 saturated heterocycles. The number of rotatable bonds is 4. The highest BCUT2D eigenvalue weighted by Crippen LogP contribution is 2.38. The summed E-state index contributed by atoms with van der Waals surface area (Å²) >= 11 is 0. The summed E-state index contributed by atoms with van der Waals surface area (Å²) in [6, 6.07) is 9.50. The minimum atomic E-state index is -0.737. The molecule has 4 N–H and O–H groups in total. The average Bonchev–Trinajstić information content (AvgIpc) is 3.37. The van der Waals surface area contributed by atoms with Gasteiger partial charge < -0.3 is 25.7 Å². The largest absolute Gasteiger partial charge is 0.457 e. The van der Waals surface area contributed by atoms with Crippen LogP contribution < -0.4 is 16.2 Å². The van der Waals surface area contributed by atoms with Crippen LogP contribution in [0.25, 0.3) is 0 Å². The molecule has 2 aliphatic heterocycles. The van der Waals surface area contributed by atoms with E-state index in [0.29, 0.717) is 12.1 Å². The molecule has 2 aliphatic carbocycles. The van der Waals surface area contributed by atoms with E-state index in [9.17, 15) is 19.2 Å². The molecule has 0 radical (unpaired) electrons. The van der Waals surface area contributed by atoms with Gasteiger partial charge in [0.25, 0.3) is 0 Å². The second-order valence-corrected chi connectivity index (χ2v) is 11.7. The van der Waals surface area contributed by atoms with Crippen molar-refractivity contribution in [3.63, 3.8) is 0 Å². The Morgan fingerprint density at radius 3 is 1.45 bits per heavy atom. The highest BCUT2D eigenvalue weighted by atomic mass is 16.6. The molecule has 2 aromatic carbocycles. The zero-order valence-corrected chi connectivity index (χ0v) is 22.9. The van der Waals surface area contributed by atoms with Crippen molar-refractivity contribution in [1.29, 1.82) is 0 Å². The number of ether oxygens (including phenoxy) is 3. The topological polar surface area (TPSA) is 148 Å². The van der Waals surface area contributed by atoms with E-state index in [1.165, 1.54) is 81.3 Å². The highest BCUT2D eigenvalue weighted by Gasteiger charge is 2.32. The Morgan fingerprint density at radius 1 is 0.650 bits per heavy atom. The fourth-order valence-corrected chi connectivity index (χ4v) is 6.35. The van der Waals surface area contributed by atoms with Gasteiger partial charge in [-0.25, -0.2) is 19.2 Å². The van der Waals surface area contributed by atoms with Crippen LogP contribution in [0.5, 0.6) is 11.5 Å². The van der Waals surface area contributed by atoms with Gasteiger partial charge in [0, 0.05) is 12.1 Å². The molecule has 0 amide bonds. The van der Waals surface area contributed by atoms with Crippen molar-refractivity contribution in [2.24, 2.45) is 35.1 Å². The lowest BCUT2D eigenvalue weighted by atomic mass is 9.71. The Balaban J connectivity index is 0.000000170. The molecule has 6 atom stereocenters. The molecule has 0 aromatic heterocycles. The van der Waals surface area contributed by atoms with Gasteiger partial charge in [0.1, 0.15) is 11.5 Å². The number of cyclic esters (lactones) is 4. The first-order valence-corrected chi connectivity index (χ1v) is 14.1. The highest BCUT2D eigenvalue weighted by molar-refractivity contribution is 6.15. The van der Waals surface area contributed by atoms with Crippen LogP contribution in [0.4, 0.5) is 0 Å². The third kappa shape index (κ3) is 5.95. The fourth-order valence-electron chi connectivity index (χ4n) is 6.35. The van der Waals surface area contributed by atoms with Crippen molar-refractivity contribution >= 4 is 23.9 Å². The summed E-state index contributed by atoms with van der Waals surface area (Å²) in [4.78, 5) is 45.8. The lowest BCUT2D eigenvalue weighted by molar-refractivity contribution is 0.0425. The van der Waals surface area contributed by atoms with Crippen LogP contribution in [-0.4, -0.2) is 36.0 Å². The van der Waals surface area contributed by atoms with E-state index in [2.05, 4.69) is 23.3 Å². The zero-order chi connectivity index (χ0) is 28.6. The Morgan fingerprint density at radius 2 is 1.05 bits per heavy atom. The van der Waals surface area contributed by atoms with Gasteiger partial charge in [0.2, 0.25) is 0 Å². The molecule has 0 spiro atoms. The molecule has 2 heterocycles. The Labute approximate surface area is 233 Å².